The maximum atomic E-state index is 3.97. The zero-order chi connectivity index (χ0) is 9.64. The molecule has 13 heavy (non-hydrogen) atoms. The van der Waals surface area contributed by atoms with Gasteiger partial charge in [-0.2, -0.15) is 0 Å². The minimum atomic E-state index is 0.304. The zero-order valence-electron chi connectivity index (χ0n) is 8.00. The second-order valence-corrected chi connectivity index (χ2v) is 4.94. The molecule has 2 rings (SSSR count). The van der Waals surface area contributed by atoms with E-state index >= 15 is 0 Å². The second kappa shape index (κ2) is 2.78. The summed E-state index contributed by atoms with van der Waals surface area (Å²) < 4.78 is 2.67. The summed E-state index contributed by atoms with van der Waals surface area (Å²) in [7, 11) is 1.92. The molecule has 1 N–H and O–H groups in total. The number of aromatic nitrogens is 3. The Morgan fingerprint density at radius 2 is 2.31 bits per heavy atom. The van der Waals surface area contributed by atoms with Gasteiger partial charge in [-0.3, -0.25) is 0 Å². The fourth-order valence-electron chi connectivity index (χ4n) is 1.72. The first-order chi connectivity index (χ1) is 6.02. The fourth-order valence-corrected chi connectivity index (χ4v) is 2.28. The number of hydrogen-bond acceptors (Lipinski definition) is 3. The Hall–Kier alpha value is -0.420. The van der Waals surface area contributed by atoms with E-state index in [2.05, 4.69) is 45.4 Å². The summed E-state index contributed by atoms with van der Waals surface area (Å²) in [6, 6.07) is 0.363. The van der Waals surface area contributed by atoms with Crippen molar-refractivity contribution in [2.75, 3.05) is 6.54 Å². The van der Waals surface area contributed by atoms with Crippen molar-refractivity contribution in [2.45, 2.75) is 19.9 Å². The van der Waals surface area contributed by atoms with Gasteiger partial charge in [-0.1, -0.05) is 19.1 Å². The van der Waals surface area contributed by atoms with Crippen molar-refractivity contribution in [1.29, 1.82) is 0 Å². The first-order valence-corrected chi connectivity index (χ1v) is 5.10. The molecule has 0 radical (unpaired) electrons. The summed E-state index contributed by atoms with van der Waals surface area (Å²) >= 11 is 3.41. The van der Waals surface area contributed by atoms with Gasteiger partial charge in [0.1, 0.15) is 0 Å². The number of aryl methyl sites for hydroxylation is 1. The lowest BCUT2D eigenvalue weighted by Gasteiger charge is -2.45. The van der Waals surface area contributed by atoms with Crippen molar-refractivity contribution in [3.63, 3.8) is 0 Å². The van der Waals surface area contributed by atoms with Crippen molar-refractivity contribution in [3.05, 3.63) is 10.3 Å². The van der Waals surface area contributed by atoms with Gasteiger partial charge in [0.15, 0.2) is 4.60 Å². The van der Waals surface area contributed by atoms with Crippen LogP contribution in [0.1, 0.15) is 25.6 Å². The van der Waals surface area contributed by atoms with E-state index in [1.165, 1.54) is 0 Å². The van der Waals surface area contributed by atoms with Crippen LogP contribution in [0.15, 0.2) is 4.60 Å². The maximum Gasteiger partial charge on any atom is 0.153 e. The van der Waals surface area contributed by atoms with E-state index in [1.54, 1.807) is 0 Å². The van der Waals surface area contributed by atoms with Gasteiger partial charge in [0, 0.05) is 13.6 Å². The standard InChI is InChI=1S/C8H13BrN4/c1-8(2)4-10-6(8)5-7(9)11-12-13(5)3/h6,10H,4H2,1-3H3. The Kier molecular flexibility index (Phi) is 1.96. The Balaban J connectivity index is 2.36. The third-order valence-electron chi connectivity index (χ3n) is 2.64. The summed E-state index contributed by atoms with van der Waals surface area (Å²) in [5.74, 6) is 0. The lowest BCUT2D eigenvalue weighted by Crippen LogP contribution is -2.53. The summed E-state index contributed by atoms with van der Waals surface area (Å²) in [5.41, 5.74) is 1.44. The quantitative estimate of drug-likeness (QED) is 0.809. The number of nitrogens with one attached hydrogen (secondary N) is 1. The average Bonchev–Trinajstić information content (AvgIpc) is 2.34. The summed E-state index contributed by atoms with van der Waals surface area (Å²) in [6.45, 7) is 5.54. The third-order valence-corrected chi connectivity index (χ3v) is 3.21. The smallest absolute Gasteiger partial charge is 0.153 e. The highest BCUT2D eigenvalue weighted by Crippen LogP contribution is 2.41. The predicted molar refractivity (Wildman–Crippen MR) is 53.2 cm³/mol. The molecule has 0 spiro atoms. The van der Waals surface area contributed by atoms with Crippen LogP contribution in [0.2, 0.25) is 0 Å². The Morgan fingerprint density at radius 3 is 2.62 bits per heavy atom. The molecule has 5 heteroatoms. The highest BCUT2D eigenvalue weighted by Gasteiger charge is 2.42. The van der Waals surface area contributed by atoms with E-state index in [-0.39, 0.29) is 0 Å². The van der Waals surface area contributed by atoms with Gasteiger partial charge in [0.05, 0.1) is 11.7 Å². The predicted octanol–water partition coefficient (Wildman–Crippen LogP) is 1.25. The van der Waals surface area contributed by atoms with Crippen LogP contribution in [-0.4, -0.2) is 21.5 Å². The Morgan fingerprint density at radius 1 is 1.62 bits per heavy atom. The van der Waals surface area contributed by atoms with E-state index in [0.29, 0.717) is 11.5 Å². The molecule has 0 aromatic carbocycles. The first-order valence-electron chi connectivity index (χ1n) is 4.31. The molecule has 1 aliphatic rings. The molecule has 1 aliphatic heterocycles. The molecule has 72 valence electrons. The third kappa shape index (κ3) is 1.30. The van der Waals surface area contributed by atoms with Crippen LogP contribution in [-0.2, 0) is 7.05 Å². The molecule has 4 nitrogen and oxygen atoms in total. The van der Waals surface area contributed by atoms with E-state index in [9.17, 15) is 0 Å². The van der Waals surface area contributed by atoms with Crippen LogP contribution < -0.4 is 5.32 Å². The molecule has 1 aromatic rings. The van der Waals surface area contributed by atoms with Gasteiger partial charge in [0.25, 0.3) is 0 Å². The minimum Gasteiger partial charge on any atom is -0.307 e. The van der Waals surface area contributed by atoms with E-state index < -0.39 is 0 Å². The molecule has 1 atom stereocenters. The molecule has 0 saturated carbocycles. The Bertz CT molecular complexity index is 311. The average molecular weight is 245 g/mol. The lowest BCUT2D eigenvalue weighted by atomic mass is 9.76. The molecule has 1 aromatic heterocycles. The van der Waals surface area contributed by atoms with Crippen molar-refractivity contribution in [3.8, 4) is 0 Å². The van der Waals surface area contributed by atoms with Gasteiger partial charge in [0.2, 0.25) is 0 Å². The van der Waals surface area contributed by atoms with Crippen molar-refractivity contribution in [1.82, 2.24) is 20.3 Å². The second-order valence-electron chi connectivity index (χ2n) is 4.19. The number of nitrogens with zero attached hydrogens (tertiary/aromatic N) is 3. The van der Waals surface area contributed by atoms with Crippen LogP contribution in [0, 0.1) is 5.41 Å². The minimum absolute atomic E-state index is 0.304. The summed E-state index contributed by atoms with van der Waals surface area (Å²) in [5, 5.41) is 11.3. The van der Waals surface area contributed by atoms with Crippen LogP contribution in [0.4, 0.5) is 0 Å². The lowest BCUT2D eigenvalue weighted by molar-refractivity contribution is 0.120. The largest absolute Gasteiger partial charge is 0.307 e. The van der Waals surface area contributed by atoms with E-state index in [4.69, 9.17) is 0 Å². The van der Waals surface area contributed by atoms with Crippen molar-refractivity contribution in [2.24, 2.45) is 12.5 Å². The van der Waals surface area contributed by atoms with Crippen molar-refractivity contribution >= 4 is 15.9 Å². The van der Waals surface area contributed by atoms with Gasteiger partial charge in [-0.15, -0.1) is 5.10 Å². The maximum absolute atomic E-state index is 3.97. The van der Waals surface area contributed by atoms with E-state index in [1.807, 2.05) is 11.7 Å². The van der Waals surface area contributed by atoms with Crippen LogP contribution >= 0.6 is 15.9 Å². The summed E-state index contributed by atoms with van der Waals surface area (Å²) in [6.07, 6.45) is 0. The highest BCUT2D eigenvalue weighted by atomic mass is 79.9. The highest BCUT2D eigenvalue weighted by molar-refractivity contribution is 9.10. The molecule has 0 bridgehead atoms. The zero-order valence-corrected chi connectivity index (χ0v) is 9.59. The molecule has 1 fully saturated rings. The number of hydrogen-bond donors (Lipinski definition) is 1. The van der Waals surface area contributed by atoms with Gasteiger partial charge in [-0.25, -0.2) is 4.68 Å². The van der Waals surface area contributed by atoms with Crippen LogP contribution in [0.25, 0.3) is 0 Å². The molecule has 2 heterocycles. The van der Waals surface area contributed by atoms with Gasteiger partial charge < -0.3 is 5.32 Å². The molecule has 1 unspecified atom stereocenters. The Labute approximate surface area is 85.8 Å². The molecule has 1 saturated heterocycles. The summed E-state index contributed by atoms with van der Waals surface area (Å²) in [4.78, 5) is 0. The SMILES string of the molecule is Cn1nnc(Br)c1C1NCC1(C)C. The van der Waals surface area contributed by atoms with Crippen molar-refractivity contribution < 1.29 is 0 Å². The van der Waals surface area contributed by atoms with Gasteiger partial charge >= 0.3 is 0 Å². The number of rotatable bonds is 1. The van der Waals surface area contributed by atoms with Crippen LogP contribution in [0.3, 0.4) is 0 Å². The van der Waals surface area contributed by atoms with E-state index in [0.717, 1.165) is 16.8 Å². The first kappa shape index (κ1) is 9.15. The molecule has 0 amide bonds. The monoisotopic (exact) mass is 244 g/mol. The fraction of sp³-hybridized carbons (Fsp3) is 0.750. The topological polar surface area (TPSA) is 42.7 Å². The molecule has 0 aliphatic carbocycles. The molecular formula is C8H13BrN4. The normalized spacial score (nSPS) is 25.7. The van der Waals surface area contributed by atoms with Gasteiger partial charge in [-0.05, 0) is 21.3 Å². The number of halogens is 1. The molecular weight excluding hydrogens is 232 g/mol. The van der Waals surface area contributed by atoms with Crippen LogP contribution in [0.5, 0.6) is 0 Å².